The van der Waals surface area contributed by atoms with Gasteiger partial charge in [-0.1, -0.05) is 17.7 Å². The summed E-state index contributed by atoms with van der Waals surface area (Å²) >= 11 is 0. The highest BCUT2D eigenvalue weighted by atomic mass is 31.1. The first-order valence-corrected chi connectivity index (χ1v) is 5.38. The van der Waals surface area contributed by atoms with Crippen molar-refractivity contribution in [2.75, 3.05) is 0 Å². The minimum atomic E-state index is -3.02. The predicted octanol–water partition coefficient (Wildman–Crippen LogP) is 2.92. The Morgan fingerprint density at radius 1 is 1.07 bits per heavy atom. The summed E-state index contributed by atoms with van der Waals surface area (Å²) in [7, 11) is -3.02. The number of aryl methyl sites for hydroxylation is 3. The van der Waals surface area contributed by atoms with E-state index in [0.29, 0.717) is 16.7 Å². The van der Waals surface area contributed by atoms with Crippen LogP contribution in [-0.2, 0) is 9.13 Å². The molecule has 3 nitrogen and oxygen atoms in total. The van der Waals surface area contributed by atoms with Gasteiger partial charge in [-0.15, -0.1) is 0 Å². The smallest absolute Gasteiger partial charge is 0.277 e. The molecule has 0 heterocycles. The molecule has 0 saturated heterocycles. The van der Waals surface area contributed by atoms with Gasteiger partial charge in [0, 0.05) is 5.56 Å². The first kappa shape index (κ1) is 10.9. The summed E-state index contributed by atoms with van der Waals surface area (Å²) in [5, 5.41) is 0. The molecule has 1 rings (SSSR count). The van der Waals surface area contributed by atoms with Crippen LogP contribution in [0, 0.1) is 20.8 Å². The fraction of sp³-hybridized carbons (Fsp3) is 0.300. The van der Waals surface area contributed by atoms with Crippen molar-refractivity contribution in [3.05, 3.63) is 34.4 Å². The van der Waals surface area contributed by atoms with Crippen molar-refractivity contribution in [3.8, 4) is 0 Å². The lowest BCUT2D eigenvalue weighted by molar-refractivity contribution is 0.107. The lowest BCUT2D eigenvalue weighted by Gasteiger charge is -2.05. The molecule has 0 aliphatic rings. The first-order chi connectivity index (χ1) is 6.43. The van der Waals surface area contributed by atoms with Gasteiger partial charge in [0.2, 0.25) is 0 Å². The summed E-state index contributed by atoms with van der Waals surface area (Å²) in [6, 6.07) is 3.61. The number of carbonyl (C=O) groups excluding carboxylic acids is 1. The predicted molar refractivity (Wildman–Crippen MR) is 53.3 cm³/mol. The lowest BCUT2D eigenvalue weighted by atomic mass is 10.0. The van der Waals surface area contributed by atoms with Crippen LogP contribution < -0.4 is 0 Å². The lowest BCUT2D eigenvalue weighted by Crippen LogP contribution is -1.99. The molecule has 0 aliphatic heterocycles. The molecule has 0 fully saturated rings. The zero-order valence-electron chi connectivity index (χ0n) is 8.33. The molecule has 0 radical (unpaired) electrons. The molecule has 0 saturated carbocycles. The Morgan fingerprint density at radius 3 is 1.86 bits per heavy atom. The normalized spacial score (nSPS) is 9.93. The number of carbonyl (C=O) groups is 1. The van der Waals surface area contributed by atoms with E-state index in [0.717, 1.165) is 5.56 Å². The van der Waals surface area contributed by atoms with Gasteiger partial charge >= 0.3 is 7.68 Å². The number of rotatable bonds is 2. The van der Waals surface area contributed by atoms with Crippen molar-refractivity contribution in [1.29, 1.82) is 0 Å². The number of hydrogen-bond acceptors (Lipinski definition) is 3. The van der Waals surface area contributed by atoms with Gasteiger partial charge in [-0.25, -0.2) is 9.13 Å². The Hall–Kier alpha value is -1.21. The topological polar surface area (TPSA) is 51.2 Å². The molecule has 0 N–H and O–H groups in total. The fourth-order valence-electron chi connectivity index (χ4n) is 1.61. The largest absolute Gasteiger partial charge is 0.390 e. The van der Waals surface area contributed by atoms with Gasteiger partial charge < -0.3 is 0 Å². The maximum absolute atomic E-state index is 11.3. The van der Waals surface area contributed by atoms with Gasteiger partial charge in [0.1, 0.15) is 0 Å². The standard InChI is InChI=1S/C10H11O3P/c1-6-4-7(2)9(8(3)5-6)10(11)14(12)13/h4-5H,1-3H3. The Kier molecular flexibility index (Phi) is 3.02. The van der Waals surface area contributed by atoms with Crippen LogP contribution >= 0.6 is 7.68 Å². The molecule has 0 atom stereocenters. The quantitative estimate of drug-likeness (QED) is 0.705. The summed E-state index contributed by atoms with van der Waals surface area (Å²) in [6.45, 7) is 5.39. The third kappa shape index (κ3) is 1.99. The average Bonchev–Trinajstić information content (AvgIpc) is 2.01. The molecule has 74 valence electrons. The van der Waals surface area contributed by atoms with E-state index in [-0.39, 0.29) is 0 Å². The van der Waals surface area contributed by atoms with Crippen molar-refractivity contribution < 1.29 is 13.9 Å². The third-order valence-electron chi connectivity index (χ3n) is 2.06. The maximum atomic E-state index is 11.3. The third-order valence-corrected chi connectivity index (χ3v) is 2.61. The summed E-state index contributed by atoms with van der Waals surface area (Å²) in [4.78, 5) is 11.3. The minimum absolute atomic E-state index is 0.312. The molecule has 0 aromatic heterocycles. The molecule has 0 spiro atoms. The van der Waals surface area contributed by atoms with Gasteiger partial charge in [-0.05, 0) is 31.9 Å². The second-order valence-electron chi connectivity index (χ2n) is 3.34. The van der Waals surface area contributed by atoms with E-state index in [4.69, 9.17) is 0 Å². The molecule has 0 aliphatic carbocycles. The van der Waals surface area contributed by atoms with Crippen molar-refractivity contribution in [3.63, 3.8) is 0 Å². The molecule has 0 unspecified atom stereocenters. The molecule has 4 heteroatoms. The summed E-state index contributed by atoms with van der Waals surface area (Å²) in [5.74, 6) is 0. The van der Waals surface area contributed by atoms with Crippen molar-refractivity contribution in [1.82, 2.24) is 0 Å². The van der Waals surface area contributed by atoms with E-state index in [2.05, 4.69) is 0 Å². The van der Waals surface area contributed by atoms with Gasteiger partial charge in [-0.3, -0.25) is 4.79 Å². The minimum Gasteiger partial charge on any atom is -0.277 e. The van der Waals surface area contributed by atoms with E-state index in [1.165, 1.54) is 0 Å². The van der Waals surface area contributed by atoms with Crippen LogP contribution in [0.1, 0.15) is 27.0 Å². The van der Waals surface area contributed by atoms with Gasteiger partial charge in [0.25, 0.3) is 5.52 Å². The highest BCUT2D eigenvalue weighted by Crippen LogP contribution is 2.23. The van der Waals surface area contributed by atoms with E-state index in [1.807, 2.05) is 6.92 Å². The monoisotopic (exact) mass is 210 g/mol. The van der Waals surface area contributed by atoms with Gasteiger partial charge in [0.15, 0.2) is 0 Å². The Bertz CT molecular complexity index is 427. The second kappa shape index (κ2) is 3.89. The molecule has 1 aromatic rings. The van der Waals surface area contributed by atoms with E-state index >= 15 is 0 Å². The Labute approximate surface area is 83.0 Å². The second-order valence-corrected chi connectivity index (χ2v) is 4.26. The summed E-state index contributed by atoms with van der Waals surface area (Å²) in [5.41, 5.74) is 1.97. The molecule has 1 aromatic carbocycles. The number of hydrogen-bond donors (Lipinski definition) is 0. The van der Waals surface area contributed by atoms with Gasteiger partial charge in [-0.2, -0.15) is 0 Å². The average molecular weight is 210 g/mol. The molecule has 0 amide bonds. The van der Waals surface area contributed by atoms with Crippen LogP contribution in [0.2, 0.25) is 0 Å². The highest BCUT2D eigenvalue weighted by molar-refractivity contribution is 7.53. The summed E-state index contributed by atoms with van der Waals surface area (Å²) in [6.07, 6.45) is 0. The van der Waals surface area contributed by atoms with Crippen molar-refractivity contribution >= 4 is 13.2 Å². The van der Waals surface area contributed by atoms with Crippen molar-refractivity contribution in [2.45, 2.75) is 20.8 Å². The Balaban J connectivity index is 3.42. The zero-order valence-corrected chi connectivity index (χ0v) is 9.22. The number of benzene rings is 1. The van der Waals surface area contributed by atoms with E-state index < -0.39 is 13.2 Å². The van der Waals surface area contributed by atoms with Crippen LogP contribution in [0.15, 0.2) is 12.1 Å². The van der Waals surface area contributed by atoms with Crippen LogP contribution in [0.5, 0.6) is 0 Å². The Morgan fingerprint density at radius 2 is 1.50 bits per heavy atom. The zero-order chi connectivity index (χ0) is 10.9. The molecular formula is C10H11O3P. The first-order valence-electron chi connectivity index (χ1n) is 4.20. The van der Waals surface area contributed by atoms with Crippen LogP contribution in [0.4, 0.5) is 0 Å². The highest BCUT2D eigenvalue weighted by Gasteiger charge is 2.16. The van der Waals surface area contributed by atoms with Crippen LogP contribution in [0.3, 0.4) is 0 Å². The van der Waals surface area contributed by atoms with Crippen molar-refractivity contribution in [2.24, 2.45) is 0 Å². The maximum Gasteiger partial charge on any atom is 0.390 e. The SMILES string of the molecule is Cc1cc(C)c(C(=O)P(=O)=O)c(C)c1. The molecule has 14 heavy (non-hydrogen) atoms. The molecule has 0 bridgehead atoms. The van der Waals surface area contributed by atoms with Crippen LogP contribution in [0.25, 0.3) is 0 Å². The molecular weight excluding hydrogens is 199 g/mol. The van der Waals surface area contributed by atoms with E-state index in [1.54, 1.807) is 26.0 Å². The summed E-state index contributed by atoms with van der Waals surface area (Å²) < 4.78 is 21.2. The van der Waals surface area contributed by atoms with Crippen LogP contribution in [-0.4, -0.2) is 5.52 Å². The van der Waals surface area contributed by atoms with E-state index in [9.17, 15) is 13.9 Å². The fourth-order valence-corrected chi connectivity index (χ4v) is 2.14. The van der Waals surface area contributed by atoms with Gasteiger partial charge in [0.05, 0.1) is 0 Å².